The van der Waals surface area contributed by atoms with Gasteiger partial charge in [0, 0.05) is 0 Å². The largest absolute Gasteiger partial charge is 0.506 e. The van der Waals surface area contributed by atoms with Crippen LogP contribution < -0.4 is 0 Å². The Balaban J connectivity index is 3.14. The Morgan fingerprint density at radius 1 is 1.17 bits per heavy atom. The summed E-state index contributed by atoms with van der Waals surface area (Å²) in [6.45, 7) is 0. The van der Waals surface area contributed by atoms with Gasteiger partial charge in [-0.25, -0.2) is 4.79 Å². The molecule has 1 rings (SSSR count). The maximum absolute atomic E-state index is 11.9. The van der Waals surface area contributed by atoms with Crippen LogP contribution in [0.5, 0.6) is 0 Å². The molecule has 0 unspecified atom stereocenters. The standard InChI is InChI=1S/C3F6NO2/c4-2(5)1(11)10(8,9)12-3(2,6)7/q+1. The summed E-state index contributed by atoms with van der Waals surface area (Å²) in [6.07, 6.45) is -5.46. The summed E-state index contributed by atoms with van der Waals surface area (Å²) in [5, 5.41) is -4.47. The van der Waals surface area contributed by atoms with E-state index in [0.717, 1.165) is 0 Å². The van der Waals surface area contributed by atoms with E-state index in [2.05, 4.69) is 4.84 Å². The zero-order valence-electron chi connectivity index (χ0n) is 5.03. The predicted molar refractivity (Wildman–Crippen MR) is 18.5 cm³/mol. The zero-order chi connectivity index (χ0) is 9.78. The van der Waals surface area contributed by atoms with Crippen molar-refractivity contribution in [2.24, 2.45) is 0 Å². The molecule has 1 heterocycles. The summed E-state index contributed by atoms with van der Waals surface area (Å²) in [7, 11) is 0. The second-order valence-corrected chi connectivity index (χ2v) is 1.95. The van der Waals surface area contributed by atoms with Crippen LogP contribution in [0.4, 0.5) is 26.5 Å². The molecule has 1 fully saturated rings. The highest BCUT2D eigenvalue weighted by Crippen LogP contribution is 2.47. The van der Waals surface area contributed by atoms with E-state index >= 15 is 0 Å². The lowest BCUT2D eigenvalue weighted by molar-refractivity contribution is -1.25. The van der Waals surface area contributed by atoms with Crippen LogP contribution in [0.3, 0.4) is 0 Å². The molecular formula is C3F6NO2+. The second-order valence-electron chi connectivity index (χ2n) is 1.95. The van der Waals surface area contributed by atoms with Crippen LogP contribution in [0.25, 0.3) is 0 Å². The van der Waals surface area contributed by atoms with E-state index in [1.165, 1.54) is 0 Å². The van der Waals surface area contributed by atoms with Crippen molar-refractivity contribution in [3.8, 4) is 0 Å². The molecule has 0 bridgehead atoms. The summed E-state index contributed by atoms with van der Waals surface area (Å²) in [4.78, 5) is 12.1. The van der Waals surface area contributed by atoms with Crippen LogP contribution in [-0.4, -0.2) is 23.0 Å². The van der Waals surface area contributed by atoms with Gasteiger partial charge in [0.05, 0.1) is 8.96 Å². The van der Waals surface area contributed by atoms with Crippen LogP contribution >= 0.6 is 0 Å². The van der Waals surface area contributed by atoms with E-state index < -0.39 is 23.0 Å². The first-order valence-electron chi connectivity index (χ1n) is 2.41. The number of carbonyl (C=O) groups is 1. The first kappa shape index (κ1) is 9.26. The lowest BCUT2D eigenvalue weighted by atomic mass is 10.3. The lowest BCUT2D eigenvalue weighted by Gasteiger charge is -2.05. The normalized spacial score (nSPS) is 30.7. The van der Waals surface area contributed by atoms with Crippen molar-refractivity contribution in [2.45, 2.75) is 12.0 Å². The van der Waals surface area contributed by atoms with Crippen LogP contribution in [0.15, 0.2) is 0 Å². The number of hydrogen-bond donors (Lipinski definition) is 0. The van der Waals surface area contributed by atoms with Crippen molar-refractivity contribution in [3.63, 3.8) is 0 Å². The lowest BCUT2D eigenvalue weighted by Crippen LogP contribution is -2.42. The molecule has 0 radical (unpaired) electrons. The first-order valence-corrected chi connectivity index (χ1v) is 2.41. The summed E-state index contributed by atoms with van der Waals surface area (Å²) in [5.74, 6) is -8.77. The fraction of sp³-hybridized carbons (Fsp3) is 0.667. The van der Waals surface area contributed by atoms with Crippen molar-refractivity contribution in [3.05, 3.63) is 0 Å². The molecule has 12 heavy (non-hydrogen) atoms. The molecular weight excluding hydrogens is 196 g/mol. The molecule has 1 aliphatic rings. The number of quaternary nitrogens is 1. The quantitative estimate of drug-likeness (QED) is 0.430. The van der Waals surface area contributed by atoms with E-state index in [9.17, 15) is 31.3 Å². The van der Waals surface area contributed by atoms with Crippen molar-refractivity contribution in [2.75, 3.05) is 0 Å². The fourth-order valence-corrected chi connectivity index (χ4v) is 0.531. The van der Waals surface area contributed by atoms with Crippen LogP contribution in [0, 0.1) is 0 Å². The highest BCUT2D eigenvalue weighted by Gasteiger charge is 2.86. The number of hydroxylamine groups is 1. The Labute approximate surface area is 60.5 Å². The first-order chi connectivity index (χ1) is 5.11. The Kier molecular flexibility index (Phi) is 1.47. The maximum Gasteiger partial charge on any atom is 0.506 e. The Morgan fingerprint density at radius 3 is 1.67 bits per heavy atom. The van der Waals surface area contributed by atoms with Gasteiger partial charge in [-0.15, -0.1) is 0 Å². The van der Waals surface area contributed by atoms with Crippen LogP contribution in [0.1, 0.15) is 0 Å². The molecule has 3 nitrogen and oxygen atoms in total. The minimum atomic E-state index is -5.49. The molecule has 0 atom stereocenters. The van der Waals surface area contributed by atoms with Gasteiger partial charge in [-0.3, -0.25) is 0 Å². The molecule has 9 heteroatoms. The summed E-state index contributed by atoms with van der Waals surface area (Å²) in [5.41, 5.74) is 0. The Bertz CT molecular complexity index is 237. The van der Waals surface area contributed by atoms with Crippen molar-refractivity contribution in [1.29, 1.82) is 0 Å². The SMILES string of the molecule is O=C1C(F)(F)C(F)(F)O[N+]1(F)F. The molecule has 0 aromatic carbocycles. The number of halogens is 6. The third-order valence-corrected chi connectivity index (χ3v) is 1.10. The molecule has 0 aromatic heterocycles. The van der Waals surface area contributed by atoms with Gasteiger partial charge in [0.1, 0.15) is 0 Å². The van der Waals surface area contributed by atoms with Crippen LogP contribution in [0.2, 0.25) is 0 Å². The van der Waals surface area contributed by atoms with Gasteiger partial charge < -0.3 is 0 Å². The van der Waals surface area contributed by atoms with Gasteiger partial charge in [0.25, 0.3) is 5.09 Å². The van der Waals surface area contributed by atoms with E-state index in [1.807, 2.05) is 0 Å². The highest BCUT2D eigenvalue weighted by atomic mass is 19.4. The van der Waals surface area contributed by atoms with E-state index in [4.69, 9.17) is 0 Å². The third kappa shape index (κ3) is 0.894. The van der Waals surface area contributed by atoms with E-state index in [1.54, 1.807) is 0 Å². The van der Waals surface area contributed by atoms with Gasteiger partial charge in [-0.05, 0) is 4.84 Å². The van der Waals surface area contributed by atoms with Crippen LogP contribution in [-0.2, 0) is 9.63 Å². The minimum absolute atomic E-state index is 2.23. The maximum atomic E-state index is 11.9. The zero-order valence-corrected chi connectivity index (χ0v) is 5.03. The van der Waals surface area contributed by atoms with E-state index in [-0.39, 0.29) is 0 Å². The number of carbonyl (C=O) groups excluding carboxylic acids is 1. The smallest absolute Gasteiger partial charge is 0.211 e. The molecule has 70 valence electrons. The predicted octanol–water partition coefficient (Wildman–Crippen LogP) is 1.27. The molecule has 1 aliphatic heterocycles. The average molecular weight is 196 g/mol. The van der Waals surface area contributed by atoms with Gasteiger partial charge in [0.15, 0.2) is 0 Å². The number of amides is 1. The van der Waals surface area contributed by atoms with Gasteiger partial charge in [0.2, 0.25) is 0 Å². The van der Waals surface area contributed by atoms with Gasteiger partial charge >= 0.3 is 17.9 Å². The Hall–Kier alpha value is -0.830. The summed E-state index contributed by atoms with van der Waals surface area (Å²) < 4.78 is 70.8. The second kappa shape index (κ2) is 1.91. The number of rotatable bonds is 0. The van der Waals surface area contributed by atoms with Gasteiger partial charge in [-0.1, -0.05) is 0 Å². The fourth-order valence-electron chi connectivity index (χ4n) is 0.531. The molecule has 0 N–H and O–H groups in total. The number of nitrogens with zero attached hydrogens (tertiary/aromatic N) is 1. The molecule has 1 amide bonds. The number of alkyl halides is 4. The molecule has 0 spiro atoms. The van der Waals surface area contributed by atoms with Gasteiger partial charge in [-0.2, -0.15) is 17.6 Å². The monoisotopic (exact) mass is 196 g/mol. The molecule has 1 saturated heterocycles. The average Bonchev–Trinajstić information content (AvgIpc) is 1.90. The third-order valence-electron chi connectivity index (χ3n) is 1.10. The topological polar surface area (TPSA) is 26.3 Å². The molecule has 0 saturated carbocycles. The molecule has 0 aliphatic carbocycles. The van der Waals surface area contributed by atoms with Crippen molar-refractivity contribution in [1.82, 2.24) is 0 Å². The van der Waals surface area contributed by atoms with Crippen molar-refractivity contribution < 1.29 is 41.2 Å². The summed E-state index contributed by atoms with van der Waals surface area (Å²) in [6, 6.07) is 0. The summed E-state index contributed by atoms with van der Waals surface area (Å²) >= 11 is 0. The number of hydrogen-bond acceptors (Lipinski definition) is 2. The highest BCUT2D eigenvalue weighted by molar-refractivity contribution is 5.77. The minimum Gasteiger partial charge on any atom is -0.211 e. The van der Waals surface area contributed by atoms with E-state index in [0.29, 0.717) is 0 Å². The molecule has 0 aromatic rings. The van der Waals surface area contributed by atoms with Crippen molar-refractivity contribution >= 4 is 5.91 Å². The Morgan fingerprint density at radius 2 is 1.58 bits per heavy atom.